The van der Waals surface area contributed by atoms with Gasteiger partial charge in [-0.05, 0) is 25.0 Å². The minimum atomic E-state index is 0.246. The van der Waals surface area contributed by atoms with Gasteiger partial charge in [0.05, 0.1) is 5.69 Å². The van der Waals surface area contributed by atoms with E-state index in [0.717, 1.165) is 17.9 Å². The molecule has 0 spiro atoms. The first-order valence-electron chi connectivity index (χ1n) is 4.93. The van der Waals surface area contributed by atoms with Crippen LogP contribution >= 0.6 is 0 Å². The van der Waals surface area contributed by atoms with Crippen molar-refractivity contribution in [3.8, 4) is 0 Å². The van der Waals surface area contributed by atoms with Crippen LogP contribution in [0.4, 0.5) is 6.01 Å². The fourth-order valence-corrected chi connectivity index (χ4v) is 1.60. The third-order valence-electron chi connectivity index (χ3n) is 2.52. The van der Waals surface area contributed by atoms with Gasteiger partial charge in [0.2, 0.25) is 0 Å². The van der Waals surface area contributed by atoms with Crippen LogP contribution in [0.2, 0.25) is 0 Å². The van der Waals surface area contributed by atoms with Crippen molar-refractivity contribution in [1.29, 1.82) is 0 Å². The van der Waals surface area contributed by atoms with E-state index in [1.165, 1.54) is 11.1 Å². The number of anilines is 1. The van der Waals surface area contributed by atoms with Gasteiger partial charge in [-0.2, -0.15) is 4.98 Å². The first kappa shape index (κ1) is 9.77. The monoisotopic (exact) mass is 202 g/mol. The predicted molar refractivity (Wildman–Crippen MR) is 59.6 cm³/mol. The summed E-state index contributed by atoms with van der Waals surface area (Å²) in [6.07, 6.45) is 0.753. The standard InChI is InChI=1S/C12H14N2O/c1-8-5-3-4-6-10(8)7-11-9(2)14-12(13)15-11/h3-6H,7H2,1-2H3,(H2,13,14). The first-order chi connectivity index (χ1) is 7.16. The maximum atomic E-state index is 5.49. The normalized spacial score (nSPS) is 10.5. The smallest absolute Gasteiger partial charge is 0.292 e. The van der Waals surface area contributed by atoms with E-state index >= 15 is 0 Å². The number of rotatable bonds is 2. The minimum Gasteiger partial charge on any atom is -0.428 e. The van der Waals surface area contributed by atoms with Crippen LogP contribution in [0.5, 0.6) is 0 Å². The Morgan fingerprint density at radius 1 is 1.27 bits per heavy atom. The molecule has 0 aliphatic carbocycles. The third-order valence-corrected chi connectivity index (χ3v) is 2.52. The molecule has 2 aromatic rings. The molecule has 2 N–H and O–H groups in total. The Hall–Kier alpha value is -1.77. The van der Waals surface area contributed by atoms with Crippen molar-refractivity contribution in [2.45, 2.75) is 20.3 Å². The van der Waals surface area contributed by atoms with E-state index in [4.69, 9.17) is 10.2 Å². The molecule has 0 bridgehead atoms. The highest BCUT2D eigenvalue weighted by molar-refractivity contribution is 5.31. The zero-order valence-electron chi connectivity index (χ0n) is 8.95. The molecule has 0 aliphatic heterocycles. The number of aryl methyl sites for hydroxylation is 2. The average molecular weight is 202 g/mol. The summed E-state index contributed by atoms with van der Waals surface area (Å²) in [5.74, 6) is 0.849. The van der Waals surface area contributed by atoms with Gasteiger partial charge < -0.3 is 10.2 Å². The molecule has 0 amide bonds. The molecule has 2 rings (SSSR count). The molecule has 15 heavy (non-hydrogen) atoms. The summed E-state index contributed by atoms with van der Waals surface area (Å²) in [7, 11) is 0. The number of nitrogen functional groups attached to an aromatic ring is 1. The number of aromatic nitrogens is 1. The van der Waals surface area contributed by atoms with Crippen LogP contribution in [-0.2, 0) is 6.42 Å². The van der Waals surface area contributed by atoms with E-state index in [2.05, 4.69) is 24.0 Å². The molecule has 0 saturated heterocycles. The van der Waals surface area contributed by atoms with Crippen molar-refractivity contribution in [3.05, 3.63) is 46.8 Å². The van der Waals surface area contributed by atoms with Gasteiger partial charge in [-0.15, -0.1) is 0 Å². The Morgan fingerprint density at radius 3 is 2.60 bits per heavy atom. The van der Waals surface area contributed by atoms with E-state index in [-0.39, 0.29) is 6.01 Å². The van der Waals surface area contributed by atoms with Crippen molar-refractivity contribution in [2.75, 3.05) is 5.73 Å². The molecule has 1 aromatic heterocycles. The molecule has 3 nitrogen and oxygen atoms in total. The van der Waals surface area contributed by atoms with Crippen molar-refractivity contribution >= 4 is 6.01 Å². The van der Waals surface area contributed by atoms with Crippen LogP contribution in [0.15, 0.2) is 28.7 Å². The molecular formula is C12H14N2O. The number of hydrogen-bond donors (Lipinski definition) is 1. The topological polar surface area (TPSA) is 52.0 Å². The largest absolute Gasteiger partial charge is 0.428 e. The molecular weight excluding hydrogens is 188 g/mol. The maximum absolute atomic E-state index is 5.49. The Kier molecular flexibility index (Phi) is 2.46. The summed E-state index contributed by atoms with van der Waals surface area (Å²) in [5.41, 5.74) is 8.87. The van der Waals surface area contributed by atoms with Crippen molar-refractivity contribution < 1.29 is 4.42 Å². The van der Waals surface area contributed by atoms with Crippen molar-refractivity contribution in [2.24, 2.45) is 0 Å². The average Bonchev–Trinajstić information content (AvgIpc) is 2.49. The molecule has 0 aliphatic rings. The fraction of sp³-hybridized carbons (Fsp3) is 0.250. The number of nitrogens with two attached hydrogens (primary N) is 1. The Balaban J connectivity index is 2.29. The molecule has 78 valence electrons. The number of oxazole rings is 1. The molecule has 0 unspecified atom stereocenters. The van der Waals surface area contributed by atoms with Crippen LogP contribution in [0.1, 0.15) is 22.6 Å². The highest BCUT2D eigenvalue weighted by Gasteiger charge is 2.08. The minimum absolute atomic E-state index is 0.246. The zero-order valence-corrected chi connectivity index (χ0v) is 8.95. The number of benzene rings is 1. The van der Waals surface area contributed by atoms with Gasteiger partial charge in [0, 0.05) is 6.42 Å². The molecule has 0 fully saturated rings. The summed E-state index contributed by atoms with van der Waals surface area (Å²) < 4.78 is 5.34. The Morgan fingerprint density at radius 2 is 2.00 bits per heavy atom. The Bertz CT molecular complexity index is 474. The second-order valence-electron chi connectivity index (χ2n) is 3.66. The van der Waals surface area contributed by atoms with Gasteiger partial charge in [-0.1, -0.05) is 24.3 Å². The second kappa shape index (κ2) is 3.77. The van der Waals surface area contributed by atoms with Crippen molar-refractivity contribution in [1.82, 2.24) is 4.98 Å². The summed E-state index contributed by atoms with van der Waals surface area (Å²) in [6, 6.07) is 8.48. The SMILES string of the molecule is Cc1ccccc1Cc1oc(N)nc1C. The quantitative estimate of drug-likeness (QED) is 0.813. The van der Waals surface area contributed by atoms with E-state index in [0.29, 0.717) is 0 Å². The second-order valence-corrected chi connectivity index (χ2v) is 3.66. The van der Waals surface area contributed by atoms with E-state index in [1.807, 2.05) is 19.1 Å². The molecule has 0 radical (unpaired) electrons. The summed E-state index contributed by atoms with van der Waals surface area (Å²) >= 11 is 0. The summed E-state index contributed by atoms with van der Waals surface area (Å²) in [5, 5.41) is 0. The molecule has 1 heterocycles. The van der Waals surface area contributed by atoms with E-state index in [9.17, 15) is 0 Å². The lowest BCUT2D eigenvalue weighted by atomic mass is 10.0. The number of nitrogens with zero attached hydrogens (tertiary/aromatic N) is 1. The van der Waals surface area contributed by atoms with Crippen LogP contribution < -0.4 is 5.73 Å². The van der Waals surface area contributed by atoms with Gasteiger partial charge in [-0.25, -0.2) is 0 Å². The van der Waals surface area contributed by atoms with Crippen LogP contribution in [-0.4, -0.2) is 4.98 Å². The van der Waals surface area contributed by atoms with Gasteiger partial charge in [0.25, 0.3) is 6.01 Å². The summed E-state index contributed by atoms with van der Waals surface area (Å²) in [4.78, 5) is 4.05. The Labute approximate surface area is 88.9 Å². The number of hydrogen-bond acceptors (Lipinski definition) is 3. The fourth-order valence-electron chi connectivity index (χ4n) is 1.60. The maximum Gasteiger partial charge on any atom is 0.292 e. The van der Waals surface area contributed by atoms with Crippen molar-refractivity contribution in [3.63, 3.8) is 0 Å². The highest BCUT2D eigenvalue weighted by atomic mass is 16.4. The van der Waals surface area contributed by atoms with Gasteiger partial charge in [-0.3, -0.25) is 0 Å². The van der Waals surface area contributed by atoms with Crippen LogP contribution in [0, 0.1) is 13.8 Å². The van der Waals surface area contributed by atoms with Gasteiger partial charge in [0.15, 0.2) is 0 Å². The lowest BCUT2D eigenvalue weighted by Gasteiger charge is -2.02. The van der Waals surface area contributed by atoms with E-state index in [1.54, 1.807) is 0 Å². The van der Waals surface area contributed by atoms with Gasteiger partial charge in [0.1, 0.15) is 5.76 Å². The summed E-state index contributed by atoms with van der Waals surface area (Å²) in [6.45, 7) is 4.00. The lowest BCUT2D eigenvalue weighted by molar-refractivity contribution is 0.532. The molecule has 1 aromatic carbocycles. The third kappa shape index (κ3) is 2.01. The first-order valence-corrected chi connectivity index (χ1v) is 4.93. The zero-order chi connectivity index (χ0) is 10.8. The lowest BCUT2D eigenvalue weighted by Crippen LogP contribution is -1.91. The predicted octanol–water partition coefficient (Wildman–Crippen LogP) is 2.46. The van der Waals surface area contributed by atoms with Gasteiger partial charge >= 0.3 is 0 Å². The highest BCUT2D eigenvalue weighted by Crippen LogP contribution is 2.18. The van der Waals surface area contributed by atoms with E-state index < -0.39 is 0 Å². The van der Waals surface area contributed by atoms with Crippen LogP contribution in [0.3, 0.4) is 0 Å². The van der Waals surface area contributed by atoms with Crippen LogP contribution in [0.25, 0.3) is 0 Å². The molecule has 0 saturated carbocycles. The molecule has 0 atom stereocenters. The molecule has 3 heteroatoms.